The maximum Gasteiger partial charge on any atom is 0.235 e. The zero-order valence-corrected chi connectivity index (χ0v) is 9.03. The number of carbonyl (C=O) groups excluding carboxylic acids is 1. The van der Waals surface area contributed by atoms with Gasteiger partial charge in [-0.2, -0.15) is 4.99 Å². The molecule has 1 aromatic carbocycles. The molecule has 1 aliphatic rings. The summed E-state index contributed by atoms with van der Waals surface area (Å²) in [6.45, 7) is 2.99. The van der Waals surface area contributed by atoms with Crippen LogP contribution in [-0.4, -0.2) is 19.7 Å². The second-order valence-corrected chi connectivity index (χ2v) is 4.01. The van der Waals surface area contributed by atoms with Gasteiger partial charge in [-0.3, -0.25) is 0 Å². The van der Waals surface area contributed by atoms with E-state index in [1.807, 2.05) is 0 Å². The Bertz CT molecular complexity index is 422. The fourth-order valence-electron chi connectivity index (χ4n) is 2.08. The predicted octanol–water partition coefficient (Wildman–Crippen LogP) is 2.21. The molecule has 3 heteroatoms. The number of nitrogens with zero attached hydrogens (tertiary/aromatic N) is 2. The zero-order valence-electron chi connectivity index (χ0n) is 9.03. The van der Waals surface area contributed by atoms with E-state index in [0.717, 1.165) is 18.5 Å². The van der Waals surface area contributed by atoms with Gasteiger partial charge >= 0.3 is 0 Å². The molecular weight excluding hydrogens is 188 g/mol. The van der Waals surface area contributed by atoms with Crippen LogP contribution in [0.3, 0.4) is 0 Å². The Labute approximate surface area is 89.4 Å². The molecule has 78 valence electrons. The van der Waals surface area contributed by atoms with Crippen molar-refractivity contribution in [2.45, 2.75) is 19.4 Å². The third-order valence-electron chi connectivity index (χ3n) is 2.90. The number of anilines is 1. The highest BCUT2D eigenvalue weighted by molar-refractivity contribution is 5.58. The predicted molar refractivity (Wildman–Crippen MR) is 59.9 cm³/mol. The van der Waals surface area contributed by atoms with E-state index < -0.39 is 0 Å². The summed E-state index contributed by atoms with van der Waals surface area (Å²) in [5, 5.41) is 0. The lowest BCUT2D eigenvalue weighted by molar-refractivity contribution is 0.549. The van der Waals surface area contributed by atoms with Crippen molar-refractivity contribution >= 4 is 11.8 Å². The first-order chi connectivity index (χ1) is 7.22. The lowest BCUT2D eigenvalue weighted by Crippen LogP contribution is -2.26. The van der Waals surface area contributed by atoms with Gasteiger partial charge in [0.1, 0.15) is 0 Å². The van der Waals surface area contributed by atoms with Gasteiger partial charge in [0, 0.05) is 24.8 Å². The fourth-order valence-corrected chi connectivity index (χ4v) is 2.08. The van der Waals surface area contributed by atoms with Crippen molar-refractivity contribution in [2.24, 2.45) is 4.99 Å². The van der Waals surface area contributed by atoms with E-state index in [0.29, 0.717) is 0 Å². The summed E-state index contributed by atoms with van der Waals surface area (Å²) in [4.78, 5) is 16.4. The Kier molecular flexibility index (Phi) is 2.57. The Hall–Kier alpha value is -1.60. The van der Waals surface area contributed by atoms with Crippen LogP contribution >= 0.6 is 0 Å². The minimum atomic E-state index is -0.00593. The SMILES string of the molecule is Cc1ccc2c(c1)C(N=C=O)CCN2C. The van der Waals surface area contributed by atoms with Crippen LogP contribution in [0.25, 0.3) is 0 Å². The third-order valence-corrected chi connectivity index (χ3v) is 2.90. The average Bonchev–Trinajstić information content (AvgIpc) is 2.22. The van der Waals surface area contributed by atoms with Crippen LogP contribution in [0.2, 0.25) is 0 Å². The molecule has 0 saturated heterocycles. The summed E-state index contributed by atoms with van der Waals surface area (Å²) in [5.74, 6) is 0. The van der Waals surface area contributed by atoms with Gasteiger partial charge in [0.05, 0.1) is 6.04 Å². The summed E-state index contributed by atoms with van der Waals surface area (Å²) in [6.07, 6.45) is 2.56. The molecule has 0 N–H and O–H groups in total. The molecule has 1 unspecified atom stereocenters. The van der Waals surface area contributed by atoms with Crippen molar-refractivity contribution in [3.05, 3.63) is 29.3 Å². The molecule has 1 atom stereocenters. The van der Waals surface area contributed by atoms with Crippen LogP contribution in [0.1, 0.15) is 23.6 Å². The molecule has 0 amide bonds. The van der Waals surface area contributed by atoms with Gasteiger partial charge in [0.2, 0.25) is 6.08 Å². The lowest BCUT2D eigenvalue weighted by atomic mass is 9.95. The largest absolute Gasteiger partial charge is 0.374 e. The van der Waals surface area contributed by atoms with Gasteiger partial charge in [0.15, 0.2) is 0 Å². The summed E-state index contributed by atoms with van der Waals surface area (Å²) in [7, 11) is 2.06. The van der Waals surface area contributed by atoms with Crippen LogP contribution in [-0.2, 0) is 4.79 Å². The minimum Gasteiger partial charge on any atom is -0.374 e. The number of aliphatic imine (C=N–C) groups is 1. The Morgan fingerprint density at radius 3 is 3.07 bits per heavy atom. The number of hydrogen-bond donors (Lipinski definition) is 0. The highest BCUT2D eigenvalue weighted by Crippen LogP contribution is 2.35. The van der Waals surface area contributed by atoms with E-state index in [2.05, 4.69) is 42.1 Å². The number of rotatable bonds is 1. The zero-order chi connectivity index (χ0) is 10.8. The number of benzene rings is 1. The fraction of sp³-hybridized carbons (Fsp3) is 0.417. The van der Waals surface area contributed by atoms with Crippen molar-refractivity contribution in [1.29, 1.82) is 0 Å². The standard InChI is InChI=1S/C12H14N2O/c1-9-3-4-12-10(7-9)11(13-8-15)5-6-14(12)2/h3-4,7,11H,5-6H2,1-2H3. The normalized spacial score (nSPS) is 19.3. The lowest BCUT2D eigenvalue weighted by Gasteiger charge is -2.30. The van der Waals surface area contributed by atoms with E-state index in [4.69, 9.17) is 0 Å². The van der Waals surface area contributed by atoms with Crippen LogP contribution in [0.4, 0.5) is 5.69 Å². The van der Waals surface area contributed by atoms with Crippen LogP contribution < -0.4 is 4.90 Å². The monoisotopic (exact) mass is 202 g/mol. The highest BCUT2D eigenvalue weighted by atomic mass is 16.1. The topological polar surface area (TPSA) is 32.7 Å². The Morgan fingerprint density at radius 1 is 1.53 bits per heavy atom. The number of hydrogen-bond acceptors (Lipinski definition) is 3. The molecule has 0 spiro atoms. The molecule has 15 heavy (non-hydrogen) atoms. The maximum atomic E-state index is 10.3. The summed E-state index contributed by atoms with van der Waals surface area (Å²) in [6, 6.07) is 6.28. The second-order valence-electron chi connectivity index (χ2n) is 4.01. The van der Waals surface area contributed by atoms with Crippen molar-refractivity contribution < 1.29 is 4.79 Å². The van der Waals surface area contributed by atoms with Crippen molar-refractivity contribution in [2.75, 3.05) is 18.5 Å². The van der Waals surface area contributed by atoms with Crippen LogP contribution in [0, 0.1) is 6.92 Å². The molecule has 0 aliphatic carbocycles. The van der Waals surface area contributed by atoms with Crippen molar-refractivity contribution in [3.63, 3.8) is 0 Å². The molecule has 0 aromatic heterocycles. The first-order valence-electron chi connectivity index (χ1n) is 5.11. The Morgan fingerprint density at radius 2 is 2.33 bits per heavy atom. The van der Waals surface area contributed by atoms with Crippen molar-refractivity contribution in [1.82, 2.24) is 0 Å². The Balaban J connectivity index is 2.50. The minimum absolute atomic E-state index is 0.00593. The highest BCUT2D eigenvalue weighted by Gasteiger charge is 2.22. The molecule has 0 saturated carbocycles. The first-order valence-corrected chi connectivity index (χ1v) is 5.11. The first kappa shape index (κ1) is 9.94. The van der Waals surface area contributed by atoms with E-state index in [9.17, 15) is 4.79 Å². The molecule has 2 rings (SSSR count). The van der Waals surface area contributed by atoms with Gasteiger partial charge in [-0.1, -0.05) is 17.7 Å². The van der Waals surface area contributed by atoms with Gasteiger partial charge in [-0.05, 0) is 19.4 Å². The second kappa shape index (κ2) is 3.87. The van der Waals surface area contributed by atoms with Gasteiger partial charge < -0.3 is 4.90 Å². The smallest absolute Gasteiger partial charge is 0.235 e. The molecule has 1 aliphatic heterocycles. The molecule has 3 nitrogen and oxygen atoms in total. The average molecular weight is 202 g/mol. The van der Waals surface area contributed by atoms with Gasteiger partial charge in [-0.15, -0.1) is 0 Å². The van der Waals surface area contributed by atoms with Crippen molar-refractivity contribution in [3.8, 4) is 0 Å². The van der Waals surface area contributed by atoms with E-state index in [-0.39, 0.29) is 6.04 Å². The van der Waals surface area contributed by atoms with Crippen LogP contribution in [0.5, 0.6) is 0 Å². The third kappa shape index (κ3) is 1.79. The maximum absolute atomic E-state index is 10.3. The van der Waals surface area contributed by atoms with Gasteiger partial charge in [-0.25, -0.2) is 4.79 Å². The molecule has 0 fully saturated rings. The summed E-state index contributed by atoms with van der Waals surface area (Å²) >= 11 is 0. The molecule has 0 bridgehead atoms. The van der Waals surface area contributed by atoms with E-state index >= 15 is 0 Å². The molecule has 1 heterocycles. The quantitative estimate of drug-likeness (QED) is 0.516. The summed E-state index contributed by atoms with van der Waals surface area (Å²) in [5.41, 5.74) is 3.53. The molecule has 0 radical (unpaired) electrons. The van der Waals surface area contributed by atoms with E-state index in [1.54, 1.807) is 6.08 Å². The van der Waals surface area contributed by atoms with Gasteiger partial charge in [0.25, 0.3) is 0 Å². The molecular formula is C12H14N2O. The number of aryl methyl sites for hydroxylation is 1. The molecule has 1 aromatic rings. The number of fused-ring (bicyclic) bond motifs is 1. The van der Waals surface area contributed by atoms with Crippen LogP contribution in [0.15, 0.2) is 23.2 Å². The summed E-state index contributed by atoms with van der Waals surface area (Å²) < 4.78 is 0. The number of isocyanates is 1. The van der Waals surface area contributed by atoms with E-state index in [1.165, 1.54) is 11.3 Å².